The van der Waals surface area contributed by atoms with Crippen molar-refractivity contribution in [1.29, 1.82) is 0 Å². The summed E-state index contributed by atoms with van der Waals surface area (Å²) in [6, 6.07) is 16.5. The lowest BCUT2D eigenvalue weighted by Gasteiger charge is -2.39. The van der Waals surface area contributed by atoms with Crippen molar-refractivity contribution in [1.82, 2.24) is 4.90 Å². The molecule has 0 bridgehead atoms. The molecule has 1 amide bonds. The van der Waals surface area contributed by atoms with Crippen molar-refractivity contribution in [3.05, 3.63) is 59.7 Å². The number of aliphatic carboxylic acids is 1. The van der Waals surface area contributed by atoms with Gasteiger partial charge in [-0.25, -0.2) is 4.79 Å². The van der Waals surface area contributed by atoms with Gasteiger partial charge in [-0.15, -0.1) is 0 Å². The van der Waals surface area contributed by atoms with E-state index in [1.165, 1.54) is 22.3 Å². The Morgan fingerprint density at radius 1 is 1.04 bits per heavy atom. The number of ether oxygens (including phenoxy) is 1. The Bertz CT molecular complexity index is 870. The summed E-state index contributed by atoms with van der Waals surface area (Å²) in [5.41, 5.74) is 4.60. The van der Waals surface area contributed by atoms with E-state index in [0.29, 0.717) is 26.1 Å². The molecule has 2 aromatic rings. The minimum absolute atomic E-state index is 0.0503. The summed E-state index contributed by atoms with van der Waals surface area (Å²) in [5.74, 6) is -0.994. The van der Waals surface area contributed by atoms with Gasteiger partial charge in [-0.1, -0.05) is 48.5 Å². The number of carbonyl (C=O) groups is 2. The molecule has 132 valence electrons. The number of carboxylic acid groups (broad SMARTS) is 1. The summed E-state index contributed by atoms with van der Waals surface area (Å²) >= 11 is 0. The van der Waals surface area contributed by atoms with E-state index < -0.39 is 5.97 Å². The lowest BCUT2D eigenvalue weighted by molar-refractivity contribution is -0.140. The molecule has 3 aliphatic rings. The summed E-state index contributed by atoms with van der Waals surface area (Å²) in [6.45, 7) is 1.31. The zero-order valence-electron chi connectivity index (χ0n) is 14.2. The van der Waals surface area contributed by atoms with E-state index in [1.807, 2.05) is 24.3 Å². The minimum atomic E-state index is -0.753. The Labute approximate surface area is 151 Å². The van der Waals surface area contributed by atoms with E-state index in [9.17, 15) is 9.59 Å². The van der Waals surface area contributed by atoms with Crippen LogP contribution in [0.15, 0.2) is 48.5 Å². The van der Waals surface area contributed by atoms with Crippen LogP contribution in [0.25, 0.3) is 11.1 Å². The van der Waals surface area contributed by atoms with E-state index in [1.54, 1.807) is 4.90 Å². The number of carboxylic acids is 1. The van der Waals surface area contributed by atoms with E-state index in [4.69, 9.17) is 9.84 Å². The van der Waals surface area contributed by atoms with Gasteiger partial charge >= 0.3 is 12.1 Å². The fourth-order valence-corrected chi connectivity index (χ4v) is 4.57. The maximum Gasteiger partial charge on any atom is 0.409 e. The third-order valence-electron chi connectivity index (χ3n) is 6.09. The molecule has 0 unspecified atom stereocenters. The predicted octanol–water partition coefficient (Wildman–Crippen LogP) is 3.34. The number of carbonyl (C=O) groups excluding carboxylic acids is 1. The van der Waals surface area contributed by atoms with E-state index in [0.717, 1.165) is 0 Å². The van der Waals surface area contributed by atoms with Gasteiger partial charge in [0.2, 0.25) is 0 Å². The van der Waals surface area contributed by atoms with Crippen molar-refractivity contribution in [2.24, 2.45) is 11.3 Å². The molecule has 2 fully saturated rings. The molecule has 2 aliphatic carbocycles. The van der Waals surface area contributed by atoms with Gasteiger partial charge < -0.3 is 14.7 Å². The average molecular weight is 349 g/mol. The highest BCUT2D eigenvalue weighted by Crippen LogP contribution is 2.58. The van der Waals surface area contributed by atoms with Gasteiger partial charge in [-0.2, -0.15) is 0 Å². The quantitative estimate of drug-likeness (QED) is 0.923. The molecule has 1 N–H and O–H groups in total. The SMILES string of the molecule is O=C(O)[C@@H]1CC12CN(C(=O)OCC1c3ccccc3-c3ccccc31)C2. The van der Waals surface area contributed by atoms with E-state index in [-0.39, 0.29) is 23.3 Å². The smallest absolute Gasteiger partial charge is 0.409 e. The van der Waals surface area contributed by atoms with Crippen LogP contribution in [-0.4, -0.2) is 41.8 Å². The number of likely N-dealkylation sites (tertiary alicyclic amines) is 1. The molecule has 1 aliphatic heterocycles. The molecule has 1 spiro atoms. The van der Waals surface area contributed by atoms with E-state index in [2.05, 4.69) is 24.3 Å². The molecule has 5 nitrogen and oxygen atoms in total. The molecule has 1 heterocycles. The highest BCUT2D eigenvalue weighted by Gasteiger charge is 2.66. The number of hydrogen-bond donors (Lipinski definition) is 1. The zero-order chi connectivity index (χ0) is 17.9. The maximum atomic E-state index is 12.4. The highest BCUT2D eigenvalue weighted by atomic mass is 16.6. The third kappa shape index (κ3) is 2.16. The minimum Gasteiger partial charge on any atom is -0.481 e. The molecule has 2 aromatic carbocycles. The number of rotatable bonds is 3. The second-order valence-corrected chi connectivity index (χ2v) is 7.62. The van der Waals surface area contributed by atoms with Crippen LogP contribution in [-0.2, 0) is 9.53 Å². The molecule has 1 atom stereocenters. The number of benzene rings is 2. The molecule has 5 rings (SSSR count). The van der Waals surface area contributed by atoms with Crippen LogP contribution in [0.3, 0.4) is 0 Å². The van der Waals surface area contributed by atoms with Crippen molar-refractivity contribution in [3.63, 3.8) is 0 Å². The number of hydrogen-bond acceptors (Lipinski definition) is 3. The second kappa shape index (κ2) is 5.34. The molecule has 5 heteroatoms. The summed E-state index contributed by atoms with van der Waals surface area (Å²) in [4.78, 5) is 25.0. The number of fused-ring (bicyclic) bond motifs is 3. The van der Waals surface area contributed by atoms with Crippen molar-refractivity contribution in [2.75, 3.05) is 19.7 Å². The normalized spacial score (nSPS) is 21.7. The topological polar surface area (TPSA) is 66.8 Å². The first-order valence-corrected chi connectivity index (χ1v) is 8.92. The van der Waals surface area contributed by atoms with Crippen LogP contribution in [0.1, 0.15) is 23.5 Å². The van der Waals surface area contributed by atoms with Crippen LogP contribution in [0.2, 0.25) is 0 Å². The first kappa shape index (κ1) is 15.4. The number of nitrogens with zero attached hydrogens (tertiary/aromatic N) is 1. The third-order valence-corrected chi connectivity index (χ3v) is 6.09. The van der Waals surface area contributed by atoms with Gasteiger partial charge in [0.1, 0.15) is 6.61 Å². The summed E-state index contributed by atoms with van der Waals surface area (Å²) in [7, 11) is 0. The molecular weight excluding hydrogens is 330 g/mol. The molecule has 0 radical (unpaired) electrons. The largest absolute Gasteiger partial charge is 0.481 e. The Morgan fingerprint density at radius 2 is 1.62 bits per heavy atom. The molecule has 0 aromatic heterocycles. The standard InChI is InChI=1S/C21H19NO4/c23-19(24)18-9-21(18)11-22(12-21)20(25)26-10-17-15-7-3-1-5-13(15)14-6-2-4-8-16(14)17/h1-8,17-18H,9-12H2,(H,23,24)/t18-/m0/s1. The van der Waals surface area contributed by atoms with E-state index >= 15 is 0 Å². The first-order valence-electron chi connectivity index (χ1n) is 8.92. The summed E-state index contributed by atoms with van der Waals surface area (Å²) in [6.07, 6.45) is 0.337. The Hall–Kier alpha value is -2.82. The van der Waals surface area contributed by atoms with Crippen LogP contribution in [0.5, 0.6) is 0 Å². The Kier molecular flexibility index (Phi) is 3.17. The predicted molar refractivity (Wildman–Crippen MR) is 94.8 cm³/mol. The number of amides is 1. The van der Waals surface area contributed by atoms with Gasteiger partial charge in [0.05, 0.1) is 5.92 Å². The summed E-state index contributed by atoms with van der Waals surface area (Å²) < 4.78 is 5.60. The van der Waals surface area contributed by atoms with Crippen LogP contribution >= 0.6 is 0 Å². The van der Waals surface area contributed by atoms with Gasteiger partial charge in [0, 0.05) is 24.4 Å². The van der Waals surface area contributed by atoms with Crippen molar-refractivity contribution in [2.45, 2.75) is 12.3 Å². The monoisotopic (exact) mass is 349 g/mol. The highest BCUT2D eigenvalue weighted by molar-refractivity contribution is 5.79. The molecule has 1 saturated carbocycles. The van der Waals surface area contributed by atoms with Crippen LogP contribution < -0.4 is 0 Å². The lowest BCUT2D eigenvalue weighted by Crippen LogP contribution is -2.53. The lowest BCUT2D eigenvalue weighted by atomic mass is 9.94. The molecule has 26 heavy (non-hydrogen) atoms. The van der Waals surface area contributed by atoms with Gasteiger partial charge in [-0.05, 0) is 28.7 Å². The van der Waals surface area contributed by atoms with Crippen molar-refractivity contribution < 1.29 is 19.4 Å². The Balaban J connectivity index is 1.27. The molecule has 1 saturated heterocycles. The second-order valence-electron chi connectivity index (χ2n) is 7.62. The fraction of sp³-hybridized carbons (Fsp3) is 0.333. The van der Waals surface area contributed by atoms with Gasteiger partial charge in [0.15, 0.2) is 0 Å². The van der Waals surface area contributed by atoms with Crippen molar-refractivity contribution >= 4 is 12.1 Å². The van der Waals surface area contributed by atoms with Crippen LogP contribution in [0, 0.1) is 11.3 Å². The average Bonchev–Trinajstić information content (AvgIpc) is 3.30. The van der Waals surface area contributed by atoms with Gasteiger partial charge in [0.25, 0.3) is 0 Å². The zero-order valence-corrected chi connectivity index (χ0v) is 14.2. The van der Waals surface area contributed by atoms with Crippen LogP contribution in [0.4, 0.5) is 4.79 Å². The maximum absolute atomic E-state index is 12.4. The summed E-state index contributed by atoms with van der Waals surface area (Å²) in [5, 5.41) is 9.08. The Morgan fingerprint density at radius 3 is 2.15 bits per heavy atom. The van der Waals surface area contributed by atoms with Crippen molar-refractivity contribution in [3.8, 4) is 11.1 Å². The fourth-order valence-electron chi connectivity index (χ4n) is 4.57. The first-order chi connectivity index (χ1) is 12.6. The van der Waals surface area contributed by atoms with Gasteiger partial charge in [-0.3, -0.25) is 4.79 Å². The molecular formula is C21H19NO4.